The van der Waals surface area contributed by atoms with Crippen LogP contribution in [0.25, 0.3) is 0 Å². The molecule has 0 aromatic rings. The van der Waals surface area contributed by atoms with Crippen molar-refractivity contribution in [1.82, 2.24) is 0 Å². The summed E-state index contributed by atoms with van der Waals surface area (Å²) in [4.78, 5) is 0. The summed E-state index contributed by atoms with van der Waals surface area (Å²) in [5.41, 5.74) is 0. The van der Waals surface area contributed by atoms with Gasteiger partial charge in [0.2, 0.25) is 0 Å². The van der Waals surface area contributed by atoms with Crippen LogP contribution in [0.2, 0.25) is 0 Å². The Balaban J connectivity index is 4.10. The molecule has 0 aliphatic heterocycles. The van der Waals surface area contributed by atoms with Gasteiger partial charge in [-0.3, -0.25) is 4.55 Å². The zero-order valence-corrected chi connectivity index (χ0v) is 18.1. The predicted octanol–water partition coefficient (Wildman–Crippen LogP) is 3.51. The molecule has 0 spiro atoms. The van der Waals surface area contributed by atoms with Gasteiger partial charge < -0.3 is 14.0 Å². The molecule has 0 saturated heterocycles. The van der Waals surface area contributed by atoms with Crippen LogP contribution in [-0.2, 0) is 19.6 Å². The molecule has 0 saturated carbocycles. The smallest absolute Gasteiger partial charge is 0.264 e. The summed E-state index contributed by atoms with van der Waals surface area (Å²) < 4.78 is 42.7. The minimum Gasteiger partial charge on any atom is -0.379 e. The van der Waals surface area contributed by atoms with Crippen LogP contribution in [0, 0.1) is 0 Å². The summed E-state index contributed by atoms with van der Waals surface area (Å²) in [6.45, 7) is 10.1. The largest absolute Gasteiger partial charge is 0.379 e. The number of unbranched alkanes of at least 4 members (excludes halogenated alkanes) is 5. The lowest BCUT2D eigenvalue weighted by Gasteiger charge is -2.35. The van der Waals surface area contributed by atoms with Gasteiger partial charge in [0.1, 0.15) is 6.54 Å². The van der Waals surface area contributed by atoms with Crippen molar-refractivity contribution in [2.45, 2.75) is 65.2 Å². The van der Waals surface area contributed by atoms with Crippen molar-refractivity contribution in [2.24, 2.45) is 0 Å². The molecule has 0 heterocycles. The van der Waals surface area contributed by atoms with Crippen molar-refractivity contribution in [3.05, 3.63) is 0 Å². The van der Waals surface area contributed by atoms with E-state index >= 15 is 0 Å². The summed E-state index contributed by atoms with van der Waals surface area (Å²) in [5, 5.41) is 0. The maximum Gasteiger partial charge on any atom is 0.264 e. The van der Waals surface area contributed by atoms with Crippen LogP contribution in [0.4, 0.5) is 0 Å². The fourth-order valence-electron chi connectivity index (χ4n) is 2.89. The molecule has 0 rings (SSSR count). The van der Waals surface area contributed by atoms with E-state index in [-0.39, 0.29) is 5.75 Å². The van der Waals surface area contributed by atoms with Crippen molar-refractivity contribution in [2.75, 3.05) is 58.9 Å². The first kappa shape index (κ1) is 25.8. The number of rotatable bonds is 19. The highest BCUT2D eigenvalue weighted by atomic mass is 32.2. The molecule has 0 aromatic heterocycles. The minimum absolute atomic E-state index is 0.144. The lowest BCUT2D eigenvalue weighted by atomic mass is 10.1. The lowest BCUT2D eigenvalue weighted by molar-refractivity contribution is -0.910. The molecule has 26 heavy (non-hydrogen) atoms. The fraction of sp³-hybridized carbons (Fsp3) is 1.00. The van der Waals surface area contributed by atoms with Crippen molar-refractivity contribution in [1.29, 1.82) is 0 Å². The average molecular weight is 397 g/mol. The third-order valence-electron chi connectivity index (χ3n) is 4.69. The number of quaternary nitrogens is 1. The SMILES string of the molecule is CCCCCC[N+](C)(CCCCS(=O)(=O)O)CCOCCOCCCC. The van der Waals surface area contributed by atoms with Crippen LogP contribution >= 0.6 is 0 Å². The molecule has 0 fully saturated rings. The summed E-state index contributed by atoms with van der Waals surface area (Å²) >= 11 is 0. The second-order valence-electron chi connectivity index (χ2n) is 7.42. The third kappa shape index (κ3) is 17.2. The van der Waals surface area contributed by atoms with E-state index < -0.39 is 10.1 Å². The second-order valence-corrected chi connectivity index (χ2v) is 8.99. The molecule has 7 heteroatoms. The van der Waals surface area contributed by atoms with Crippen LogP contribution in [-0.4, -0.2) is 76.3 Å². The molecular weight excluding hydrogens is 354 g/mol. The molecule has 1 unspecified atom stereocenters. The first-order valence-electron chi connectivity index (χ1n) is 10.3. The van der Waals surface area contributed by atoms with Gasteiger partial charge in [0.25, 0.3) is 10.1 Å². The summed E-state index contributed by atoms with van der Waals surface area (Å²) in [5.74, 6) is -0.144. The lowest BCUT2D eigenvalue weighted by Crippen LogP contribution is -2.48. The molecule has 0 aliphatic carbocycles. The van der Waals surface area contributed by atoms with E-state index in [9.17, 15) is 8.42 Å². The van der Waals surface area contributed by atoms with Crippen molar-refractivity contribution >= 4 is 10.1 Å². The van der Waals surface area contributed by atoms with Gasteiger partial charge in [-0.05, 0) is 32.1 Å². The maximum absolute atomic E-state index is 10.9. The quantitative estimate of drug-likeness (QED) is 0.205. The first-order chi connectivity index (χ1) is 12.3. The van der Waals surface area contributed by atoms with Crippen LogP contribution in [0.5, 0.6) is 0 Å². The van der Waals surface area contributed by atoms with Gasteiger partial charge in [0.15, 0.2) is 0 Å². The zero-order chi connectivity index (χ0) is 19.7. The van der Waals surface area contributed by atoms with Gasteiger partial charge in [-0.15, -0.1) is 0 Å². The average Bonchev–Trinajstić information content (AvgIpc) is 2.57. The number of nitrogens with zero attached hydrogens (tertiary/aromatic N) is 1. The van der Waals surface area contributed by atoms with E-state index in [1.54, 1.807) is 0 Å². The summed E-state index contributed by atoms with van der Waals surface area (Å²) in [7, 11) is -1.62. The Morgan fingerprint density at radius 2 is 1.31 bits per heavy atom. The van der Waals surface area contributed by atoms with E-state index in [0.717, 1.165) is 50.0 Å². The van der Waals surface area contributed by atoms with Gasteiger partial charge >= 0.3 is 0 Å². The van der Waals surface area contributed by atoms with E-state index in [0.29, 0.717) is 26.2 Å². The molecule has 0 aliphatic rings. The normalized spacial score (nSPS) is 14.5. The Bertz CT molecular complexity index is 416. The Morgan fingerprint density at radius 1 is 0.731 bits per heavy atom. The van der Waals surface area contributed by atoms with Crippen molar-refractivity contribution in [3.8, 4) is 0 Å². The standard InChI is InChI=1S/C19H41NO5S/c1-4-6-8-9-12-20(3,13-10-11-19-26(21,22)23)14-16-25-18-17-24-15-7-5-2/h4-19H2,1-3H3/p+1. The Hall–Kier alpha value is -0.210. The van der Waals surface area contributed by atoms with Gasteiger partial charge in [-0.25, -0.2) is 0 Å². The van der Waals surface area contributed by atoms with E-state index in [1.807, 2.05) is 0 Å². The molecule has 1 N–H and O–H groups in total. The third-order valence-corrected chi connectivity index (χ3v) is 5.50. The Kier molecular flexibility index (Phi) is 15.7. The van der Waals surface area contributed by atoms with Crippen molar-refractivity contribution < 1.29 is 26.9 Å². The topological polar surface area (TPSA) is 72.8 Å². The van der Waals surface area contributed by atoms with E-state index in [4.69, 9.17) is 14.0 Å². The van der Waals surface area contributed by atoms with Gasteiger partial charge in [0.05, 0.1) is 45.7 Å². The predicted molar refractivity (Wildman–Crippen MR) is 107 cm³/mol. The minimum atomic E-state index is -3.85. The molecule has 0 aromatic carbocycles. The molecule has 0 amide bonds. The molecule has 6 nitrogen and oxygen atoms in total. The number of hydrogen-bond donors (Lipinski definition) is 1. The maximum atomic E-state index is 10.9. The highest BCUT2D eigenvalue weighted by molar-refractivity contribution is 7.85. The fourth-order valence-corrected chi connectivity index (χ4v) is 3.46. The zero-order valence-electron chi connectivity index (χ0n) is 17.2. The highest BCUT2D eigenvalue weighted by Crippen LogP contribution is 2.11. The van der Waals surface area contributed by atoms with Crippen LogP contribution in [0.3, 0.4) is 0 Å². The Morgan fingerprint density at radius 3 is 1.88 bits per heavy atom. The van der Waals surface area contributed by atoms with E-state index in [1.165, 1.54) is 25.7 Å². The van der Waals surface area contributed by atoms with Gasteiger partial charge in [-0.1, -0.05) is 33.1 Å². The molecular formula is C19H42NO5S+. The molecule has 1 atom stereocenters. The highest BCUT2D eigenvalue weighted by Gasteiger charge is 2.21. The van der Waals surface area contributed by atoms with Crippen LogP contribution in [0.15, 0.2) is 0 Å². The van der Waals surface area contributed by atoms with Gasteiger partial charge in [-0.2, -0.15) is 8.42 Å². The van der Waals surface area contributed by atoms with Crippen LogP contribution in [0.1, 0.15) is 65.2 Å². The van der Waals surface area contributed by atoms with Crippen LogP contribution < -0.4 is 0 Å². The molecule has 0 radical (unpaired) electrons. The molecule has 158 valence electrons. The van der Waals surface area contributed by atoms with Crippen molar-refractivity contribution in [3.63, 3.8) is 0 Å². The molecule has 0 bridgehead atoms. The monoisotopic (exact) mass is 396 g/mol. The Labute approximate surface area is 161 Å². The second kappa shape index (κ2) is 15.8. The number of likely N-dealkylation sites (N-methyl/N-ethyl adjacent to an activating group) is 1. The van der Waals surface area contributed by atoms with Gasteiger partial charge in [0, 0.05) is 6.61 Å². The summed E-state index contributed by atoms with van der Waals surface area (Å²) in [6, 6.07) is 0. The summed E-state index contributed by atoms with van der Waals surface area (Å²) in [6.07, 6.45) is 8.44. The number of ether oxygens (including phenoxy) is 2. The van der Waals surface area contributed by atoms with E-state index in [2.05, 4.69) is 20.9 Å². The first-order valence-corrected chi connectivity index (χ1v) is 11.9. The number of hydrogen-bond acceptors (Lipinski definition) is 4.